The molecule has 0 heterocycles. The Morgan fingerprint density at radius 3 is 2.44 bits per heavy atom. The highest BCUT2D eigenvalue weighted by Gasteiger charge is 2.21. The van der Waals surface area contributed by atoms with E-state index in [0.717, 1.165) is 19.7 Å². The first-order valence-corrected chi connectivity index (χ1v) is 11.0. The number of Topliss-reactive ketones (excluding diaryl/α,β-unsaturated/α-hetero) is 1. The Morgan fingerprint density at radius 2 is 1.84 bits per heavy atom. The molecule has 2 aromatic rings. The number of ketones is 1. The number of hydrogen-bond donors (Lipinski definition) is 5. The van der Waals surface area contributed by atoms with Crippen LogP contribution in [0.1, 0.15) is 35.2 Å². The fraction of sp³-hybridized carbons (Fsp3) is 0.273. The molecule has 10 heteroatoms. The van der Waals surface area contributed by atoms with Gasteiger partial charge in [0.15, 0.2) is 11.7 Å². The predicted molar refractivity (Wildman–Crippen MR) is 130 cm³/mol. The fourth-order valence-electron chi connectivity index (χ4n) is 2.93. The Labute approximate surface area is 199 Å². The number of anilines is 1. The van der Waals surface area contributed by atoms with Crippen LogP contribution in [0.25, 0.3) is 0 Å². The van der Waals surface area contributed by atoms with Crippen molar-refractivity contribution in [2.75, 3.05) is 11.9 Å². The van der Waals surface area contributed by atoms with Gasteiger partial charge >= 0.3 is 5.97 Å². The Hall–Kier alpha value is -2.99. The molecule has 170 valence electrons. The quantitative estimate of drug-likeness (QED) is 0.0942. The van der Waals surface area contributed by atoms with E-state index in [0.29, 0.717) is 12.1 Å². The minimum absolute atomic E-state index is 0.0176. The summed E-state index contributed by atoms with van der Waals surface area (Å²) in [5.41, 5.74) is 13.2. The summed E-state index contributed by atoms with van der Waals surface area (Å²) in [5, 5.41) is 19.7. The van der Waals surface area contributed by atoms with Crippen LogP contribution >= 0.6 is 22.6 Å². The van der Waals surface area contributed by atoms with Crippen molar-refractivity contribution in [2.45, 2.75) is 31.8 Å². The highest BCUT2D eigenvalue weighted by molar-refractivity contribution is 14.1. The molecule has 7 N–H and O–H groups in total. The maximum Gasteiger partial charge on any atom is 0.320 e. The molecule has 0 aliphatic carbocycles. The van der Waals surface area contributed by atoms with Crippen molar-refractivity contribution >= 4 is 51.9 Å². The molecule has 0 saturated heterocycles. The van der Waals surface area contributed by atoms with Gasteiger partial charge in [-0.3, -0.25) is 24.7 Å². The lowest BCUT2D eigenvalue weighted by Gasteiger charge is -2.20. The van der Waals surface area contributed by atoms with Crippen molar-refractivity contribution in [2.24, 2.45) is 11.5 Å². The Kier molecular flexibility index (Phi) is 9.60. The number of carboxylic acids is 1. The molecular formula is C22H26IN5O4. The SMILES string of the molecule is N=C(N)N(CCCC(N)C(=O)O)C(=O)CC(=O)c1ccc(NCc2cccc(I)c2)cc1. The molecule has 1 atom stereocenters. The molecule has 0 aliphatic rings. The van der Waals surface area contributed by atoms with Crippen LogP contribution < -0.4 is 16.8 Å². The summed E-state index contributed by atoms with van der Waals surface area (Å²) < 4.78 is 1.15. The highest BCUT2D eigenvalue weighted by Crippen LogP contribution is 2.15. The number of aliphatic carboxylic acids is 1. The second-order valence-electron chi connectivity index (χ2n) is 7.18. The average molecular weight is 551 g/mol. The number of carbonyl (C=O) groups is 3. The van der Waals surface area contributed by atoms with Crippen LogP contribution in [0.3, 0.4) is 0 Å². The zero-order chi connectivity index (χ0) is 23.7. The third kappa shape index (κ3) is 7.93. The predicted octanol–water partition coefficient (Wildman–Crippen LogP) is 2.39. The molecule has 0 saturated carbocycles. The van der Waals surface area contributed by atoms with Crippen LogP contribution in [0.5, 0.6) is 0 Å². The molecule has 0 aliphatic heterocycles. The molecule has 32 heavy (non-hydrogen) atoms. The summed E-state index contributed by atoms with van der Waals surface area (Å²) in [6.45, 7) is 0.658. The van der Waals surface area contributed by atoms with Gasteiger partial charge in [0.2, 0.25) is 5.91 Å². The monoisotopic (exact) mass is 551 g/mol. The average Bonchev–Trinajstić information content (AvgIpc) is 2.75. The molecule has 0 fully saturated rings. The number of amides is 1. The van der Waals surface area contributed by atoms with E-state index >= 15 is 0 Å². The molecule has 0 spiro atoms. The molecule has 1 unspecified atom stereocenters. The molecule has 9 nitrogen and oxygen atoms in total. The summed E-state index contributed by atoms with van der Waals surface area (Å²) in [4.78, 5) is 36.7. The first kappa shape index (κ1) is 25.3. The van der Waals surface area contributed by atoms with Crippen LogP contribution in [0, 0.1) is 8.98 Å². The van der Waals surface area contributed by atoms with Crippen molar-refractivity contribution in [3.05, 3.63) is 63.2 Å². The topological polar surface area (TPSA) is 163 Å². The van der Waals surface area contributed by atoms with Gasteiger partial charge in [-0.05, 0) is 77.4 Å². The number of benzene rings is 2. The number of guanidine groups is 1. The summed E-state index contributed by atoms with van der Waals surface area (Å²) in [5.74, 6) is -2.65. The minimum Gasteiger partial charge on any atom is -0.480 e. The van der Waals surface area contributed by atoms with E-state index < -0.39 is 36.1 Å². The molecule has 0 aromatic heterocycles. The van der Waals surface area contributed by atoms with Crippen LogP contribution in [0.4, 0.5) is 5.69 Å². The second-order valence-corrected chi connectivity index (χ2v) is 8.42. The summed E-state index contributed by atoms with van der Waals surface area (Å²) >= 11 is 2.26. The number of carboxylic acid groups (broad SMARTS) is 1. The van der Waals surface area contributed by atoms with Crippen LogP contribution in [0.15, 0.2) is 48.5 Å². The van der Waals surface area contributed by atoms with Crippen molar-refractivity contribution in [1.82, 2.24) is 4.90 Å². The highest BCUT2D eigenvalue weighted by atomic mass is 127. The fourth-order valence-corrected chi connectivity index (χ4v) is 3.54. The van der Waals surface area contributed by atoms with E-state index in [2.05, 4.69) is 34.0 Å². The largest absolute Gasteiger partial charge is 0.480 e. The number of hydrogen-bond acceptors (Lipinski definition) is 6. The zero-order valence-electron chi connectivity index (χ0n) is 17.4. The molecule has 2 rings (SSSR count). The van der Waals surface area contributed by atoms with Gasteiger partial charge in [-0.2, -0.15) is 0 Å². The van der Waals surface area contributed by atoms with Crippen LogP contribution in [-0.4, -0.2) is 46.2 Å². The van der Waals surface area contributed by atoms with E-state index in [1.54, 1.807) is 24.3 Å². The van der Waals surface area contributed by atoms with Crippen molar-refractivity contribution in [3.8, 4) is 0 Å². The number of rotatable bonds is 11. The maximum absolute atomic E-state index is 12.5. The van der Waals surface area contributed by atoms with Crippen LogP contribution in [-0.2, 0) is 16.1 Å². The lowest BCUT2D eigenvalue weighted by atomic mass is 10.1. The van der Waals surface area contributed by atoms with Gasteiger partial charge in [-0.25, -0.2) is 0 Å². The first-order valence-electron chi connectivity index (χ1n) is 9.91. The lowest BCUT2D eigenvalue weighted by molar-refractivity contribution is -0.138. The first-order chi connectivity index (χ1) is 15.2. The number of nitrogens with one attached hydrogen (secondary N) is 2. The second kappa shape index (κ2) is 12.2. The molecule has 1 amide bonds. The van der Waals surface area contributed by atoms with E-state index in [1.807, 2.05) is 18.2 Å². The van der Waals surface area contributed by atoms with Crippen molar-refractivity contribution in [3.63, 3.8) is 0 Å². The standard InChI is InChI=1S/C22H26IN5O4/c23-16-4-1-3-14(11-16)13-27-17-8-6-15(7-9-17)19(29)12-20(30)28(22(25)26)10-2-5-18(24)21(31)32/h1,3-4,6-9,11,18,27H,2,5,10,12-13,24H2,(H3,25,26)(H,31,32). The Morgan fingerprint density at radius 1 is 1.16 bits per heavy atom. The van der Waals surface area contributed by atoms with Gasteiger partial charge in [0, 0.05) is 27.9 Å². The summed E-state index contributed by atoms with van der Waals surface area (Å²) in [6.07, 6.45) is -0.0788. The van der Waals surface area contributed by atoms with E-state index in [4.69, 9.17) is 22.0 Å². The van der Waals surface area contributed by atoms with Gasteiger partial charge in [0.1, 0.15) is 6.04 Å². The number of halogens is 1. The Balaban J connectivity index is 1.90. The summed E-state index contributed by atoms with van der Waals surface area (Å²) in [6, 6.07) is 13.9. The van der Waals surface area contributed by atoms with E-state index in [1.165, 1.54) is 0 Å². The summed E-state index contributed by atoms with van der Waals surface area (Å²) in [7, 11) is 0. The van der Waals surface area contributed by atoms with E-state index in [-0.39, 0.29) is 19.4 Å². The van der Waals surface area contributed by atoms with Crippen LogP contribution in [0.2, 0.25) is 0 Å². The van der Waals surface area contributed by atoms with Gasteiger partial charge in [0.05, 0.1) is 6.42 Å². The molecular weight excluding hydrogens is 525 g/mol. The third-order valence-corrected chi connectivity index (χ3v) is 5.38. The number of nitrogens with two attached hydrogens (primary N) is 2. The van der Waals surface area contributed by atoms with E-state index in [9.17, 15) is 14.4 Å². The molecule has 2 aromatic carbocycles. The van der Waals surface area contributed by atoms with Gasteiger partial charge in [-0.1, -0.05) is 12.1 Å². The van der Waals surface area contributed by atoms with Gasteiger partial charge in [0.25, 0.3) is 0 Å². The molecule has 0 radical (unpaired) electrons. The zero-order valence-corrected chi connectivity index (χ0v) is 19.5. The Bertz CT molecular complexity index is 981. The lowest BCUT2D eigenvalue weighted by Crippen LogP contribution is -2.43. The van der Waals surface area contributed by atoms with Crippen molar-refractivity contribution < 1.29 is 19.5 Å². The third-order valence-electron chi connectivity index (χ3n) is 4.71. The van der Waals surface area contributed by atoms with Crippen molar-refractivity contribution in [1.29, 1.82) is 5.41 Å². The van der Waals surface area contributed by atoms with Gasteiger partial charge < -0.3 is 21.9 Å². The minimum atomic E-state index is -1.14. The number of carbonyl (C=O) groups excluding carboxylic acids is 2. The smallest absolute Gasteiger partial charge is 0.320 e. The number of nitrogens with zero attached hydrogens (tertiary/aromatic N) is 1. The normalized spacial score (nSPS) is 11.4. The maximum atomic E-state index is 12.5. The van der Waals surface area contributed by atoms with Gasteiger partial charge in [-0.15, -0.1) is 0 Å². The molecule has 0 bridgehead atoms.